The summed E-state index contributed by atoms with van der Waals surface area (Å²) in [6.07, 6.45) is 0.302. The molecular formula is C16H14N2O4S. The molecule has 2 amide bonds. The van der Waals surface area contributed by atoms with Crippen LogP contribution in [0.15, 0.2) is 59.5 Å². The van der Waals surface area contributed by atoms with Crippen molar-refractivity contribution >= 4 is 33.2 Å². The molecule has 0 bridgehead atoms. The third-order valence-corrected chi connectivity index (χ3v) is 4.84. The highest BCUT2D eigenvalue weighted by Crippen LogP contribution is 2.25. The Morgan fingerprint density at radius 1 is 0.870 bits per heavy atom. The van der Waals surface area contributed by atoms with Gasteiger partial charge in [0.1, 0.15) is 0 Å². The zero-order chi connectivity index (χ0) is 16.4. The highest BCUT2D eigenvalue weighted by atomic mass is 32.2. The second kappa shape index (κ2) is 5.85. The molecule has 0 atom stereocenters. The number of para-hydroxylation sites is 1. The maximum atomic E-state index is 12.4. The van der Waals surface area contributed by atoms with Gasteiger partial charge >= 0.3 is 0 Å². The number of carbonyl (C=O) groups excluding carboxylic acids is 2. The van der Waals surface area contributed by atoms with Gasteiger partial charge in [0.05, 0.1) is 10.6 Å². The normalized spacial score (nSPS) is 15.0. The van der Waals surface area contributed by atoms with Gasteiger partial charge in [-0.15, -0.1) is 0 Å². The van der Waals surface area contributed by atoms with E-state index in [2.05, 4.69) is 4.72 Å². The van der Waals surface area contributed by atoms with Gasteiger partial charge < -0.3 is 0 Å². The number of benzene rings is 2. The minimum atomic E-state index is -3.80. The van der Waals surface area contributed by atoms with Crippen LogP contribution in [0.25, 0.3) is 0 Å². The van der Waals surface area contributed by atoms with Crippen molar-refractivity contribution in [2.75, 3.05) is 9.62 Å². The van der Waals surface area contributed by atoms with Gasteiger partial charge in [0.15, 0.2) is 0 Å². The van der Waals surface area contributed by atoms with Crippen molar-refractivity contribution in [1.82, 2.24) is 0 Å². The molecule has 6 nitrogen and oxygen atoms in total. The minimum Gasteiger partial charge on any atom is -0.280 e. The maximum Gasteiger partial charge on any atom is 0.261 e. The van der Waals surface area contributed by atoms with E-state index in [1.807, 2.05) is 0 Å². The smallest absolute Gasteiger partial charge is 0.261 e. The van der Waals surface area contributed by atoms with Crippen molar-refractivity contribution in [2.45, 2.75) is 17.7 Å². The van der Waals surface area contributed by atoms with E-state index in [9.17, 15) is 18.0 Å². The Balaban J connectivity index is 1.93. The molecule has 2 aromatic rings. The third kappa shape index (κ3) is 3.09. The third-order valence-electron chi connectivity index (χ3n) is 3.46. The fourth-order valence-corrected chi connectivity index (χ4v) is 3.47. The van der Waals surface area contributed by atoms with Gasteiger partial charge in [-0.1, -0.05) is 24.3 Å². The lowest BCUT2D eigenvalue weighted by molar-refractivity contribution is -0.121. The largest absolute Gasteiger partial charge is 0.280 e. The van der Waals surface area contributed by atoms with Crippen LogP contribution in [-0.2, 0) is 19.6 Å². The van der Waals surface area contributed by atoms with Crippen LogP contribution in [-0.4, -0.2) is 20.2 Å². The zero-order valence-corrected chi connectivity index (χ0v) is 12.9. The van der Waals surface area contributed by atoms with Gasteiger partial charge in [-0.05, 0) is 30.3 Å². The summed E-state index contributed by atoms with van der Waals surface area (Å²) in [6, 6.07) is 14.3. The van der Waals surface area contributed by atoms with E-state index in [1.54, 1.807) is 36.4 Å². The zero-order valence-electron chi connectivity index (χ0n) is 12.1. The molecule has 1 aliphatic rings. The van der Waals surface area contributed by atoms with Gasteiger partial charge in [-0.2, -0.15) is 0 Å². The summed E-state index contributed by atoms with van der Waals surface area (Å²) >= 11 is 0. The van der Waals surface area contributed by atoms with Gasteiger partial charge in [0.25, 0.3) is 10.0 Å². The van der Waals surface area contributed by atoms with E-state index >= 15 is 0 Å². The van der Waals surface area contributed by atoms with Crippen molar-refractivity contribution in [3.63, 3.8) is 0 Å². The predicted octanol–water partition coefficient (Wildman–Crippen LogP) is 2.14. The molecule has 0 saturated carbocycles. The summed E-state index contributed by atoms with van der Waals surface area (Å²) in [5, 5.41) is 0. The highest BCUT2D eigenvalue weighted by Gasteiger charge is 2.30. The molecule has 1 fully saturated rings. The second-order valence-electron chi connectivity index (χ2n) is 5.09. The van der Waals surface area contributed by atoms with Crippen molar-refractivity contribution in [2.24, 2.45) is 0 Å². The SMILES string of the molecule is O=C1CCC(=O)N1c1cccc(S(=O)(=O)Nc2ccccc2)c1. The molecule has 1 saturated heterocycles. The Bertz CT molecular complexity index is 847. The lowest BCUT2D eigenvalue weighted by Crippen LogP contribution is -2.28. The summed E-state index contributed by atoms with van der Waals surface area (Å²) in [5.41, 5.74) is 0.708. The Morgan fingerprint density at radius 3 is 2.17 bits per heavy atom. The summed E-state index contributed by atoms with van der Waals surface area (Å²) in [7, 11) is -3.80. The number of hydrogen-bond acceptors (Lipinski definition) is 4. The van der Waals surface area contributed by atoms with Crippen LogP contribution in [0.4, 0.5) is 11.4 Å². The van der Waals surface area contributed by atoms with Gasteiger partial charge in [-0.3, -0.25) is 19.2 Å². The number of hydrogen-bond donors (Lipinski definition) is 1. The van der Waals surface area contributed by atoms with Crippen molar-refractivity contribution in [3.8, 4) is 0 Å². The summed E-state index contributed by atoms with van der Waals surface area (Å²) in [5.74, 6) is -0.638. The van der Waals surface area contributed by atoms with Crippen LogP contribution in [0.2, 0.25) is 0 Å². The van der Waals surface area contributed by atoms with Crippen molar-refractivity contribution in [1.29, 1.82) is 0 Å². The summed E-state index contributed by atoms with van der Waals surface area (Å²) in [4.78, 5) is 24.6. The molecule has 1 heterocycles. The van der Waals surface area contributed by atoms with E-state index < -0.39 is 10.0 Å². The van der Waals surface area contributed by atoms with Crippen LogP contribution in [0.1, 0.15) is 12.8 Å². The molecule has 118 valence electrons. The van der Waals surface area contributed by atoms with Gasteiger partial charge in [0.2, 0.25) is 11.8 Å². The highest BCUT2D eigenvalue weighted by molar-refractivity contribution is 7.92. The minimum absolute atomic E-state index is 0.00801. The van der Waals surface area contributed by atoms with E-state index in [4.69, 9.17) is 0 Å². The molecule has 0 aromatic heterocycles. The Morgan fingerprint density at radius 2 is 1.52 bits per heavy atom. The summed E-state index contributed by atoms with van der Waals surface area (Å²) in [6.45, 7) is 0. The Hall–Kier alpha value is -2.67. The van der Waals surface area contributed by atoms with Gasteiger partial charge in [0, 0.05) is 18.5 Å². The number of imide groups is 1. The molecule has 3 rings (SSSR count). The maximum absolute atomic E-state index is 12.4. The summed E-state index contributed by atoms with van der Waals surface area (Å²) < 4.78 is 27.3. The number of carbonyl (C=O) groups is 2. The van der Waals surface area contributed by atoms with Crippen molar-refractivity contribution < 1.29 is 18.0 Å². The predicted molar refractivity (Wildman–Crippen MR) is 85.4 cm³/mol. The van der Waals surface area contributed by atoms with E-state index in [0.717, 1.165) is 4.90 Å². The molecular weight excluding hydrogens is 316 g/mol. The Kier molecular flexibility index (Phi) is 3.87. The number of rotatable bonds is 4. The van der Waals surface area contributed by atoms with E-state index in [0.29, 0.717) is 5.69 Å². The Labute approximate surface area is 133 Å². The van der Waals surface area contributed by atoms with E-state index in [1.165, 1.54) is 18.2 Å². The van der Waals surface area contributed by atoms with Crippen LogP contribution in [0.3, 0.4) is 0 Å². The van der Waals surface area contributed by atoms with Gasteiger partial charge in [-0.25, -0.2) is 8.42 Å². The molecule has 1 N–H and O–H groups in total. The number of sulfonamides is 1. The van der Waals surface area contributed by atoms with Crippen LogP contribution in [0, 0.1) is 0 Å². The average Bonchev–Trinajstić information content (AvgIpc) is 2.87. The fraction of sp³-hybridized carbons (Fsp3) is 0.125. The molecule has 0 radical (unpaired) electrons. The monoisotopic (exact) mass is 330 g/mol. The topological polar surface area (TPSA) is 83.6 Å². The number of nitrogens with one attached hydrogen (secondary N) is 1. The first kappa shape index (κ1) is 15.2. The second-order valence-corrected chi connectivity index (χ2v) is 6.77. The quantitative estimate of drug-likeness (QED) is 0.871. The first-order valence-corrected chi connectivity index (χ1v) is 8.49. The average molecular weight is 330 g/mol. The number of anilines is 2. The van der Waals surface area contributed by atoms with Crippen molar-refractivity contribution in [3.05, 3.63) is 54.6 Å². The standard InChI is InChI=1S/C16H14N2O4S/c19-15-9-10-16(20)18(15)13-7-4-8-14(11-13)23(21,22)17-12-5-2-1-3-6-12/h1-8,11,17H,9-10H2. The van der Waals surface area contributed by atoms with Crippen LogP contribution in [0.5, 0.6) is 0 Å². The first-order chi connectivity index (χ1) is 11.0. The molecule has 0 unspecified atom stereocenters. The number of amides is 2. The lowest BCUT2D eigenvalue weighted by atomic mass is 10.3. The molecule has 23 heavy (non-hydrogen) atoms. The molecule has 0 spiro atoms. The number of nitrogens with zero attached hydrogens (tertiary/aromatic N) is 1. The molecule has 7 heteroatoms. The van der Waals surface area contributed by atoms with E-state index in [-0.39, 0.29) is 35.2 Å². The fourth-order valence-electron chi connectivity index (χ4n) is 2.37. The lowest BCUT2D eigenvalue weighted by Gasteiger charge is -2.15. The van der Waals surface area contributed by atoms with Crippen LogP contribution >= 0.6 is 0 Å². The first-order valence-electron chi connectivity index (χ1n) is 7.01. The molecule has 0 aliphatic carbocycles. The molecule has 1 aliphatic heterocycles. The molecule has 2 aromatic carbocycles. The van der Waals surface area contributed by atoms with Crippen LogP contribution < -0.4 is 9.62 Å².